The first-order valence-electron chi connectivity index (χ1n) is 7.01. The van der Waals surface area contributed by atoms with E-state index in [1.54, 1.807) is 6.92 Å². The molecule has 0 aliphatic rings. The molecule has 0 radical (unpaired) electrons. The van der Waals surface area contributed by atoms with Gasteiger partial charge in [-0.25, -0.2) is 17.9 Å². The molecule has 128 valence electrons. The van der Waals surface area contributed by atoms with Crippen molar-refractivity contribution in [1.29, 1.82) is 0 Å². The molecular weight excluding hydrogens is 354 g/mol. The van der Waals surface area contributed by atoms with Crippen molar-refractivity contribution in [3.8, 4) is 5.75 Å². The number of carboxylic acids is 1. The molecule has 2 N–H and O–H groups in total. The van der Waals surface area contributed by atoms with Crippen LogP contribution in [0.15, 0.2) is 53.4 Å². The second kappa shape index (κ2) is 7.65. The SMILES string of the molecule is C[C@H](NS(=O)(=O)c1ccc(OCC(=O)O)c(Cl)c1)c1ccccc1. The number of aliphatic carboxylic acids is 1. The maximum absolute atomic E-state index is 12.4. The highest BCUT2D eigenvalue weighted by atomic mass is 35.5. The fourth-order valence-electron chi connectivity index (χ4n) is 2.02. The average Bonchev–Trinajstić information content (AvgIpc) is 2.54. The van der Waals surface area contributed by atoms with Crippen LogP contribution in [0.25, 0.3) is 0 Å². The number of carbonyl (C=O) groups is 1. The van der Waals surface area contributed by atoms with Crippen LogP contribution >= 0.6 is 11.6 Å². The Balaban J connectivity index is 2.17. The Morgan fingerprint density at radius 2 is 1.92 bits per heavy atom. The van der Waals surface area contributed by atoms with Gasteiger partial charge in [0.25, 0.3) is 0 Å². The molecule has 2 aromatic carbocycles. The second-order valence-corrected chi connectivity index (χ2v) is 7.15. The van der Waals surface area contributed by atoms with Crippen molar-refractivity contribution in [3.63, 3.8) is 0 Å². The summed E-state index contributed by atoms with van der Waals surface area (Å²) in [6.07, 6.45) is 0. The Bertz CT molecular complexity index is 824. The third kappa shape index (κ3) is 4.70. The summed E-state index contributed by atoms with van der Waals surface area (Å²) in [5, 5.41) is 8.60. The lowest BCUT2D eigenvalue weighted by Crippen LogP contribution is -2.26. The predicted octanol–water partition coefficient (Wildman–Crippen LogP) is 2.84. The lowest BCUT2D eigenvalue weighted by molar-refractivity contribution is -0.139. The summed E-state index contributed by atoms with van der Waals surface area (Å²) in [6, 6.07) is 12.6. The van der Waals surface area contributed by atoms with Gasteiger partial charge in [0.15, 0.2) is 6.61 Å². The van der Waals surface area contributed by atoms with Crippen LogP contribution < -0.4 is 9.46 Å². The quantitative estimate of drug-likeness (QED) is 0.782. The second-order valence-electron chi connectivity index (χ2n) is 5.03. The molecule has 0 aliphatic carbocycles. The molecule has 0 spiro atoms. The van der Waals surface area contributed by atoms with Gasteiger partial charge >= 0.3 is 5.97 Å². The van der Waals surface area contributed by atoms with E-state index < -0.39 is 28.6 Å². The van der Waals surface area contributed by atoms with Crippen molar-refractivity contribution in [2.45, 2.75) is 17.9 Å². The van der Waals surface area contributed by atoms with Gasteiger partial charge in [-0.05, 0) is 30.7 Å². The number of hydrogen-bond donors (Lipinski definition) is 2. The van der Waals surface area contributed by atoms with Crippen LogP contribution in [0.3, 0.4) is 0 Å². The van der Waals surface area contributed by atoms with Gasteiger partial charge < -0.3 is 9.84 Å². The molecule has 0 saturated carbocycles. The van der Waals surface area contributed by atoms with Gasteiger partial charge in [0.05, 0.1) is 9.92 Å². The molecule has 8 heteroatoms. The van der Waals surface area contributed by atoms with Crippen LogP contribution in [0.1, 0.15) is 18.5 Å². The molecule has 0 heterocycles. The maximum atomic E-state index is 12.4. The zero-order valence-corrected chi connectivity index (χ0v) is 14.3. The van der Waals surface area contributed by atoms with Gasteiger partial charge in [-0.1, -0.05) is 41.9 Å². The van der Waals surface area contributed by atoms with Crippen LogP contribution in [0, 0.1) is 0 Å². The summed E-state index contributed by atoms with van der Waals surface area (Å²) in [6.45, 7) is 1.17. The van der Waals surface area contributed by atoms with Gasteiger partial charge in [-0.2, -0.15) is 0 Å². The molecule has 24 heavy (non-hydrogen) atoms. The van der Waals surface area contributed by atoms with Crippen molar-refractivity contribution >= 4 is 27.6 Å². The van der Waals surface area contributed by atoms with E-state index in [1.807, 2.05) is 30.3 Å². The molecular formula is C16H16ClNO5S. The standard InChI is InChI=1S/C16H16ClNO5S/c1-11(12-5-3-2-4-6-12)18-24(21,22)13-7-8-15(14(17)9-13)23-10-16(19)20/h2-9,11,18H,10H2,1H3,(H,19,20)/t11-/m0/s1. The lowest BCUT2D eigenvalue weighted by Gasteiger charge is -2.15. The highest BCUT2D eigenvalue weighted by Gasteiger charge is 2.20. The van der Waals surface area contributed by atoms with Crippen LogP contribution in [0.5, 0.6) is 5.75 Å². The van der Waals surface area contributed by atoms with E-state index in [0.29, 0.717) is 0 Å². The Morgan fingerprint density at radius 3 is 2.50 bits per heavy atom. The Kier molecular flexibility index (Phi) is 5.82. The van der Waals surface area contributed by atoms with Crippen molar-refractivity contribution < 1.29 is 23.1 Å². The van der Waals surface area contributed by atoms with E-state index in [-0.39, 0.29) is 15.7 Å². The Labute approximate surface area is 145 Å². The minimum atomic E-state index is -3.78. The molecule has 0 saturated heterocycles. The highest BCUT2D eigenvalue weighted by molar-refractivity contribution is 7.89. The smallest absolute Gasteiger partial charge is 0.341 e. The first-order chi connectivity index (χ1) is 11.3. The Hall–Kier alpha value is -2.09. The molecule has 1 atom stereocenters. The van der Waals surface area contributed by atoms with Gasteiger partial charge in [0.2, 0.25) is 10.0 Å². The minimum Gasteiger partial charge on any atom is -0.480 e. The van der Waals surface area contributed by atoms with E-state index >= 15 is 0 Å². The lowest BCUT2D eigenvalue weighted by atomic mass is 10.1. The topological polar surface area (TPSA) is 92.7 Å². The summed E-state index contributed by atoms with van der Waals surface area (Å²) in [7, 11) is -3.78. The van der Waals surface area contributed by atoms with Crippen LogP contribution in [-0.4, -0.2) is 26.1 Å². The minimum absolute atomic E-state index is 0.0199. The molecule has 2 aromatic rings. The zero-order valence-electron chi connectivity index (χ0n) is 12.8. The highest BCUT2D eigenvalue weighted by Crippen LogP contribution is 2.28. The number of nitrogens with one attached hydrogen (secondary N) is 1. The fourth-order valence-corrected chi connectivity index (χ4v) is 3.57. The summed E-state index contributed by atoms with van der Waals surface area (Å²) < 4.78 is 32.4. The monoisotopic (exact) mass is 369 g/mol. The third-order valence-electron chi connectivity index (χ3n) is 3.20. The summed E-state index contributed by atoms with van der Waals surface area (Å²) in [5.74, 6) is -1.05. The van der Waals surface area contributed by atoms with Crippen molar-refractivity contribution in [1.82, 2.24) is 4.72 Å². The molecule has 6 nitrogen and oxygen atoms in total. The molecule has 0 amide bonds. The summed E-state index contributed by atoms with van der Waals surface area (Å²) >= 11 is 5.96. The molecule has 0 aromatic heterocycles. The maximum Gasteiger partial charge on any atom is 0.341 e. The fraction of sp³-hybridized carbons (Fsp3) is 0.188. The molecule has 0 bridgehead atoms. The van der Waals surface area contributed by atoms with Gasteiger partial charge in [0, 0.05) is 6.04 Å². The first kappa shape index (κ1) is 18.3. The van der Waals surface area contributed by atoms with Crippen molar-refractivity contribution in [2.24, 2.45) is 0 Å². The third-order valence-corrected chi connectivity index (χ3v) is 5.03. The molecule has 0 fully saturated rings. The van der Waals surface area contributed by atoms with Gasteiger partial charge in [-0.15, -0.1) is 0 Å². The summed E-state index contributed by atoms with van der Waals surface area (Å²) in [5.41, 5.74) is 0.827. The van der Waals surface area contributed by atoms with Gasteiger partial charge in [0.1, 0.15) is 5.75 Å². The van der Waals surface area contributed by atoms with Crippen LogP contribution in [0.4, 0.5) is 0 Å². The van der Waals surface area contributed by atoms with E-state index in [2.05, 4.69) is 4.72 Å². The summed E-state index contributed by atoms with van der Waals surface area (Å²) in [4.78, 5) is 10.5. The Morgan fingerprint density at radius 1 is 1.25 bits per heavy atom. The number of rotatable bonds is 7. The number of hydrogen-bond acceptors (Lipinski definition) is 4. The molecule has 2 rings (SSSR count). The zero-order chi connectivity index (χ0) is 17.7. The number of ether oxygens (including phenoxy) is 1. The van der Waals surface area contributed by atoms with E-state index in [1.165, 1.54) is 18.2 Å². The van der Waals surface area contributed by atoms with Gasteiger partial charge in [-0.3, -0.25) is 0 Å². The van der Waals surface area contributed by atoms with Crippen molar-refractivity contribution in [3.05, 3.63) is 59.1 Å². The van der Waals surface area contributed by atoms with Crippen molar-refractivity contribution in [2.75, 3.05) is 6.61 Å². The average molecular weight is 370 g/mol. The number of halogens is 1. The van der Waals surface area contributed by atoms with Crippen LogP contribution in [0.2, 0.25) is 5.02 Å². The predicted molar refractivity (Wildman–Crippen MR) is 89.8 cm³/mol. The number of sulfonamides is 1. The number of benzene rings is 2. The largest absolute Gasteiger partial charge is 0.480 e. The normalized spacial score (nSPS) is 12.6. The first-order valence-corrected chi connectivity index (χ1v) is 8.87. The molecule has 0 aliphatic heterocycles. The van der Waals surface area contributed by atoms with E-state index in [4.69, 9.17) is 21.4 Å². The van der Waals surface area contributed by atoms with Crippen LogP contribution in [-0.2, 0) is 14.8 Å². The van der Waals surface area contributed by atoms with E-state index in [9.17, 15) is 13.2 Å². The van der Waals surface area contributed by atoms with E-state index in [0.717, 1.165) is 5.56 Å². The number of carboxylic acid groups (broad SMARTS) is 1. The molecule has 0 unspecified atom stereocenters.